The zero-order chi connectivity index (χ0) is 27.9. The average Bonchev–Trinajstić information content (AvgIpc) is 3.24. The predicted molar refractivity (Wildman–Crippen MR) is 150 cm³/mol. The molecule has 7 heteroatoms. The molecule has 0 fully saturated rings. The van der Waals surface area contributed by atoms with Crippen molar-refractivity contribution in [3.05, 3.63) is 106 Å². The van der Waals surface area contributed by atoms with Gasteiger partial charge in [0.15, 0.2) is 5.82 Å². The van der Waals surface area contributed by atoms with E-state index in [0.29, 0.717) is 11.5 Å². The molecule has 1 heterocycles. The summed E-state index contributed by atoms with van der Waals surface area (Å²) in [7, 11) is 1.33. The van der Waals surface area contributed by atoms with E-state index in [1.165, 1.54) is 12.7 Å². The maximum absolute atomic E-state index is 13.3. The minimum atomic E-state index is -1.14. The van der Waals surface area contributed by atoms with E-state index in [2.05, 4.69) is 25.8 Å². The van der Waals surface area contributed by atoms with Gasteiger partial charge >= 0.3 is 12.1 Å². The number of nitrogens with zero attached hydrogens (tertiary/aromatic N) is 3. The van der Waals surface area contributed by atoms with Gasteiger partial charge in [-0.25, -0.2) is 19.6 Å². The number of aromatic carboxylic acids is 1. The molecular formula is C32H31N3O4. The highest BCUT2D eigenvalue weighted by atomic mass is 16.5. The Labute approximate surface area is 228 Å². The molecule has 3 aromatic carbocycles. The van der Waals surface area contributed by atoms with Crippen molar-refractivity contribution in [1.82, 2.24) is 14.9 Å². The number of methoxy groups -OCH3 is 1. The number of ether oxygens (including phenoxy) is 1. The van der Waals surface area contributed by atoms with Crippen LogP contribution in [0.15, 0.2) is 72.8 Å². The van der Waals surface area contributed by atoms with Crippen molar-refractivity contribution in [2.45, 2.75) is 45.7 Å². The lowest BCUT2D eigenvalue weighted by Crippen LogP contribution is -2.35. The number of hydrogen-bond acceptors (Lipinski definition) is 5. The summed E-state index contributed by atoms with van der Waals surface area (Å²) in [6.07, 6.45) is -0.574. The van der Waals surface area contributed by atoms with Gasteiger partial charge in [-0.15, -0.1) is 0 Å². The molecule has 1 N–H and O–H groups in total. The van der Waals surface area contributed by atoms with E-state index < -0.39 is 18.1 Å². The lowest BCUT2D eigenvalue weighted by atomic mass is 9.86. The normalized spacial score (nSPS) is 12.5. The van der Waals surface area contributed by atoms with Gasteiger partial charge in [-0.05, 0) is 40.2 Å². The standard InChI is InChI=1S/C32H31N3O4/c1-19-27(30(36)37)26(34-29(33-19)20-14-16-21(17-15-20)32(2,3)4)18-35(31(38)39-5)28-24-12-8-6-10-22(24)23-11-7-9-13-25(23)28/h6-17,28H,18H2,1-5H3,(H,36,37). The Balaban J connectivity index is 1.62. The van der Waals surface area contributed by atoms with Crippen molar-refractivity contribution in [1.29, 1.82) is 0 Å². The fraction of sp³-hybridized carbons (Fsp3) is 0.250. The highest BCUT2D eigenvalue weighted by molar-refractivity contribution is 5.90. The van der Waals surface area contributed by atoms with Crippen LogP contribution in [-0.4, -0.2) is 39.1 Å². The molecule has 1 amide bonds. The molecule has 1 aliphatic rings. The fourth-order valence-corrected chi connectivity index (χ4v) is 5.28. The molecule has 0 saturated carbocycles. The highest BCUT2D eigenvalue weighted by Crippen LogP contribution is 2.47. The Morgan fingerprint density at radius 1 is 0.897 bits per heavy atom. The number of fused-ring (bicyclic) bond motifs is 3. The summed E-state index contributed by atoms with van der Waals surface area (Å²) in [6, 6.07) is 23.3. The summed E-state index contributed by atoms with van der Waals surface area (Å²) in [6.45, 7) is 8.01. The molecule has 0 radical (unpaired) electrons. The number of benzene rings is 3. The fourth-order valence-electron chi connectivity index (χ4n) is 5.28. The number of aromatic nitrogens is 2. The topological polar surface area (TPSA) is 92.6 Å². The molecule has 7 nitrogen and oxygen atoms in total. The molecule has 0 atom stereocenters. The summed E-state index contributed by atoms with van der Waals surface area (Å²) >= 11 is 0. The Morgan fingerprint density at radius 3 is 1.97 bits per heavy atom. The first-order chi connectivity index (χ1) is 18.6. The monoisotopic (exact) mass is 521 g/mol. The van der Waals surface area contributed by atoms with E-state index in [-0.39, 0.29) is 23.2 Å². The molecule has 0 saturated heterocycles. The van der Waals surface area contributed by atoms with Crippen LogP contribution in [0, 0.1) is 6.92 Å². The number of aryl methyl sites for hydroxylation is 1. The number of hydrogen-bond donors (Lipinski definition) is 1. The third-order valence-electron chi connectivity index (χ3n) is 7.23. The van der Waals surface area contributed by atoms with Gasteiger partial charge in [0, 0.05) is 5.56 Å². The smallest absolute Gasteiger partial charge is 0.410 e. The van der Waals surface area contributed by atoms with E-state index >= 15 is 0 Å². The number of carboxylic acids is 1. The number of rotatable bonds is 5. The van der Waals surface area contributed by atoms with Crippen LogP contribution < -0.4 is 0 Å². The highest BCUT2D eigenvalue weighted by Gasteiger charge is 2.37. The van der Waals surface area contributed by atoms with Crippen LogP contribution in [0.25, 0.3) is 22.5 Å². The van der Waals surface area contributed by atoms with Gasteiger partial charge in [0.2, 0.25) is 0 Å². The Hall–Kier alpha value is -4.52. The minimum Gasteiger partial charge on any atom is -0.478 e. The molecule has 0 spiro atoms. The molecule has 5 rings (SSSR count). The molecule has 1 aliphatic carbocycles. The zero-order valence-corrected chi connectivity index (χ0v) is 22.7. The summed E-state index contributed by atoms with van der Waals surface area (Å²) in [5.74, 6) is -0.737. The van der Waals surface area contributed by atoms with Crippen molar-refractivity contribution in [3.8, 4) is 22.5 Å². The molecule has 4 aromatic rings. The summed E-state index contributed by atoms with van der Waals surface area (Å²) < 4.78 is 5.21. The number of carbonyl (C=O) groups is 2. The molecule has 0 unspecified atom stereocenters. The predicted octanol–water partition coefficient (Wildman–Crippen LogP) is 6.79. The third-order valence-corrected chi connectivity index (χ3v) is 7.23. The zero-order valence-electron chi connectivity index (χ0n) is 22.7. The Bertz CT molecular complexity index is 1530. The Morgan fingerprint density at radius 2 is 1.46 bits per heavy atom. The lowest BCUT2D eigenvalue weighted by molar-refractivity contribution is 0.0689. The van der Waals surface area contributed by atoms with E-state index in [9.17, 15) is 14.7 Å². The number of amides is 1. The Kier molecular flexibility index (Phi) is 6.68. The van der Waals surface area contributed by atoms with Crippen LogP contribution in [0.1, 0.15) is 65.2 Å². The van der Waals surface area contributed by atoms with Crippen molar-refractivity contribution in [3.63, 3.8) is 0 Å². The minimum absolute atomic E-state index is 0.0114. The van der Waals surface area contributed by atoms with Crippen LogP contribution in [0.2, 0.25) is 0 Å². The van der Waals surface area contributed by atoms with Crippen LogP contribution in [0.4, 0.5) is 4.79 Å². The van der Waals surface area contributed by atoms with Gasteiger partial charge < -0.3 is 9.84 Å². The van der Waals surface area contributed by atoms with Crippen LogP contribution in [0.3, 0.4) is 0 Å². The van der Waals surface area contributed by atoms with Gasteiger partial charge in [-0.2, -0.15) is 0 Å². The first-order valence-corrected chi connectivity index (χ1v) is 12.8. The second-order valence-electron chi connectivity index (χ2n) is 10.8. The SMILES string of the molecule is COC(=O)N(Cc1nc(-c2ccc(C(C)(C)C)cc2)nc(C)c1C(=O)O)C1c2ccccc2-c2ccccc21. The maximum Gasteiger partial charge on any atom is 0.410 e. The van der Waals surface area contributed by atoms with Gasteiger partial charge in [0.25, 0.3) is 0 Å². The van der Waals surface area contributed by atoms with E-state index in [1.54, 1.807) is 11.8 Å². The molecule has 198 valence electrons. The molecule has 0 bridgehead atoms. The van der Waals surface area contributed by atoms with Crippen molar-refractivity contribution >= 4 is 12.1 Å². The van der Waals surface area contributed by atoms with Gasteiger partial charge in [-0.3, -0.25) is 4.90 Å². The summed E-state index contributed by atoms with van der Waals surface area (Å²) in [5, 5.41) is 10.1. The lowest BCUT2D eigenvalue weighted by Gasteiger charge is -2.29. The van der Waals surface area contributed by atoms with Crippen molar-refractivity contribution < 1.29 is 19.4 Å². The van der Waals surface area contributed by atoms with E-state index in [1.807, 2.05) is 72.8 Å². The van der Waals surface area contributed by atoms with E-state index in [0.717, 1.165) is 27.8 Å². The van der Waals surface area contributed by atoms with E-state index in [4.69, 9.17) is 9.72 Å². The first-order valence-electron chi connectivity index (χ1n) is 12.8. The maximum atomic E-state index is 13.3. The third kappa shape index (κ3) is 4.76. The summed E-state index contributed by atoms with van der Waals surface area (Å²) in [4.78, 5) is 36.5. The number of carbonyl (C=O) groups excluding carboxylic acids is 1. The average molecular weight is 522 g/mol. The molecule has 39 heavy (non-hydrogen) atoms. The van der Waals surface area contributed by atoms with Crippen LogP contribution >= 0.6 is 0 Å². The van der Waals surface area contributed by atoms with Crippen LogP contribution in [0.5, 0.6) is 0 Å². The largest absolute Gasteiger partial charge is 0.478 e. The van der Waals surface area contributed by atoms with Crippen molar-refractivity contribution in [2.24, 2.45) is 0 Å². The first kappa shape index (κ1) is 26.1. The molecule has 0 aliphatic heterocycles. The van der Waals surface area contributed by atoms with Gasteiger partial charge in [0.1, 0.15) is 5.56 Å². The summed E-state index contributed by atoms with van der Waals surface area (Å²) in [5.41, 5.74) is 6.45. The number of carboxylic acid groups (broad SMARTS) is 1. The van der Waals surface area contributed by atoms with Crippen molar-refractivity contribution in [2.75, 3.05) is 7.11 Å². The quantitative estimate of drug-likeness (QED) is 0.311. The molecular weight excluding hydrogens is 490 g/mol. The van der Waals surface area contributed by atoms with Gasteiger partial charge in [-0.1, -0.05) is 93.6 Å². The van der Waals surface area contributed by atoms with Crippen LogP contribution in [-0.2, 0) is 16.7 Å². The molecule has 1 aromatic heterocycles. The van der Waals surface area contributed by atoms with Gasteiger partial charge in [0.05, 0.1) is 31.1 Å². The second-order valence-corrected chi connectivity index (χ2v) is 10.8. The second kappa shape index (κ2) is 9.98.